The number of ether oxygens (including phenoxy) is 1. The Morgan fingerprint density at radius 2 is 1.90 bits per heavy atom. The number of hydrogen-bond donors (Lipinski definition) is 1. The fourth-order valence-electron chi connectivity index (χ4n) is 1.52. The van der Waals surface area contributed by atoms with E-state index < -0.39 is 5.97 Å². The van der Waals surface area contributed by atoms with Crippen LogP contribution in [0.1, 0.15) is 5.56 Å². The van der Waals surface area contributed by atoms with Crippen LogP contribution in [-0.4, -0.2) is 11.1 Å². The topological polar surface area (TPSA) is 46.5 Å². The lowest BCUT2D eigenvalue weighted by Gasteiger charge is -2.09. The summed E-state index contributed by atoms with van der Waals surface area (Å²) in [5.41, 5.74) is 0.611. The molecule has 0 radical (unpaired) electrons. The Labute approximate surface area is 123 Å². The normalized spacial score (nSPS) is 10.7. The van der Waals surface area contributed by atoms with E-state index in [0.717, 1.165) is 10.5 Å². The van der Waals surface area contributed by atoms with Crippen molar-refractivity contribution in [2.24, 2.45) is 0 Å². The molecule has 5 heteroatoms. The maximum Gasteiger partial charge on any atom is 0.328 e. The molecule has 20 heavy (non-hydrogen) atoms. The van der Waals surface area contributed by atoms with Gasteiger partial charge in [-0.1, -0.05) is 22.0 Å². The molecule has 1 N–H and O–H groups in total. The SMILES string of the molecule is O=C(O)/C=C/c1ccc(Br)cc1Oc1ccc(F)cc1. The standard InChI is InChI=1S/C15H10BrFO3/c16-11-3-1-10(2-8-15(18)19)14(9-11)20-13-6-4-12(17)5-7-13/h1-9H,(H,18,19)/b8-2+. The summed E-state index contributed by atoms with van der Waals surface area (Å²) in [5, 5.41) is 8.66. The van der Waals surface area contributed by atoms with E-state index >= 15 is 0 Å². The summed E-state index contributed by atoms with van der Waals surface area (Å²) < 4.78 is 19.3. The van der Waals surface area contributed by atoms with E-state index in [1.165, 1.54) is 30.3 Å². The Bertz CT molecular complexity index is 651. The van der Waals surface area contributed by atoms with Crippen LogP contribution in [0.15, 0.2) is 53.0 Å². The number of carboxylic acids is 1. The van der Waals surface area contributed by atoms with Gasteiger partial charge in [0.15, 0.2) is 0 Å². The lowest BCUT2D eigenvalue weighted by molar-refractivity contribution is -0.131. The predicted octanol–water partition coefficient (Wildman–Crippen LogP) is 4.48. The van der Waals surface area contributed by atoms with Gasteiger partial charge in [0.05, 0.1) is 0 Å². The molecule has 0 aliphatic carbocycles. The average molecular weight is 337 g/mol. The molecule has 102 valence electrons. The van der Waals surface area contributed by atoms with Crippen molar-refractivity contribution in [3.05, 3.63) is 64.4 Å². The molecule has 2 aromatic carbocycles. The molecule has 2 rings (SSSR count). The van der Waals surface area contributed by atoms with Gasteiger partial charge in [-0.15, -0.1) is 0 Å². The number of carboxylic acid groups (broad SMARTS) is 1. The molecular formula is C15H10BrFO3. The van der Waals surface area contributed by atoms with E-state index in [0.29, 0.717) is 17.1 Å². The highest BCUT2D eigenvalue weighted by atomic mass is 79.9. The maximum atomic E-state index is 12.8. The van der Waals surface area contributed by atoms with Crippen molar-refractivity contribution in [2.45, 2.75) is 0 Å². The number of aliphatic carboxylic acids is 1. The van der Waals surface area contributed by atoms with Crippen LogP contribution in [0.3, 0.4) is 0 Å². The van der Waals surface area contributed by atoms with E-state index in [-0.39, 0.29) is 5.82 Å². The first-order valence-electron chi connectivity index (χ1n) is 5.68. The average Bonchev–Trinajstić information content (AvgIpc) is 2.40. The zero-order valence-corrected chi connectivity index (χ0v) is 11.8. The second kappa shape index (κ2) is 6.34. The molecule has 0 fully saturated rings. The van der Waals surface area contributed by atoms with Crippen molar-refractivity contribution in [1.29, 1.82) is 0 Å². The molecule has 0 aliphatic heterocycles. The Hall–Kier alpha value is -2.14. The van der Waals surface area contributed by atoms with Crippen LogP contribution in [0.2, 0.25) is 0 Å². The van der Waals surface area contributed by atoms with Gasteiger partial charge >= 0.3 is 5.97 Å². The van der Waals surface area contributed by atoms with Gasteiger partial charge in [-0.05, 0) is 42.5 Å². The first-order valence-corrected chi connectivity index (χ1v) is 6.48. The third-order valence-electron chi connectivity index (χ3n) is 2.42. The molecule has 0 saturated carbocycles. The van der Waals surface area contributed by atoms with Crippen molar-refractivity contribution < 1.29 is 19.0 Å². The molecule has 0 aromatic heterocycles. The minimum absolute atomic E-state index is 0.349. The number of hydrogen-bond acceptors (Lipinski definition) is 2. The Kier molecular flexibility index (Phi) is 4.53. The summed E-state index contributed by atoms with van der Waals surface area (Å²) in [5.74, 6) is -0.448. The first kappa shape index (κ1) is 14.3. The predicted molar refractivity (Wildman–Crippen MR) is 77.3 cm³/mol. The van der Waals surface area contributed by atoms with E-state index in [1.54, 1.807) is 18.2 Å². The number of benzene rings is 2. The summed E-state index contributed by atoms with van der Waals surface area (Å²) >= 11 is 3.32. The highest BCUT2D eigenvalue weighted by Crippen LogP contribution is 2.29. The third kappa shape index (κ3) is 3.93. The van der Waals surface area contributed by atoms with Crippen molar-refractivity contribution >= 4 is 28.0 Å². The van der Waals surface area contributed by atoms with Gasteiger partial charge in [0.25, 0.3) is 0 Å². The highest BCUT2D eigenvalue weighted by Gasteiger charge is 2.05. The van der Waals surface area contributed by atoms with Gasteiger partial charge in [0.1, 0.15) is 17.3 Å². The Morgan fingerprint density at radius 3 is 2.55 bits per heavy atom. The lowest BCUT2D eigenvalue weighted by atomic mass is 10.2. The highest BCUT2D eigenvalue weighted by molar-refractivity contribution is 9.10. The minimum atomic E-state index is -1.04. The molecule has 2 aromatic rings. The Balaban J connectivity index is 2.31. The molecular weight excluding hydrogens is 327 g/mol. The van der Waals surface area contributed by atoms with Gasteiger partial charge in [-0.25, -0.2) is 9.18 Å². The van der Waals surface area contributed by atoms with Crippen molar-refractivity contribution in [3.63, 3.8) is 0 Å². The quantitative estimate of drug-likeness (QED) is 0.837. The minimum Gasteiger partial charge on any atom is -0.478 e. The third-order valence-corrected chi connectivity index (χ3v) is 2.92. The van der Waals surface area contributed by atoms with Crippen LogP contribution in [0, 0.1) is 5.82 Å². The van der Waals surface area contributed by atoms with E-state index in [4.69, 9.17) is 9.84 Å². The molecule has 0 amide bonds. The van der Waals surface area contributed by atoms with Gasteiger partial charge in [0, 0.05) is 16.1 Å². The molecule has 0 aliphatic rings. The van der Waals surface area contributed by atoms with Crippen molar-refractivity contribution in [2.75, 3.05) is 0 Å². The van der Waals surface area contributed by atoms with Gasteiger partial charge in [-0.3, -0.25) is 0 Å². The second-order valence-corrected chi connectivity index (χ2v) is 4.83. The molecule has 0 saturated heterocycles. The van der Waals surface area contributed by atoms with Crippen LogP contribution in [0.4, 0.5) is 4.39 Å². The monoisotopic (exact) mass is 336 g/mol. The lowest BCUT2D eigenvalue weighted by Crippen LogP contribution is -1.90. The van der Waals surface area contributed by atoms with Gasteiger partial charge in [-0.2, -0.15) is 0 Å². The fourth-order valence-corrected chi connectivity index (χ4v) is 1.87. The number of halogens is 2. The number of carbonyl (C=O) groups is 1. The van der Waals surface area contributed by atoms with Crippen molar-refractivity contribution in [3.8, 4) is 11.5 Å². The molecule has 0 spiro atoms. The smallest absolute Gasteiger partial charge is 0.328 e. The largest absolute Gasteiger partial charge is 0.478 e. The Morgan fingerprint density at radius 1 is 1.20 bits per heavy atom. The molecule has 0 unspecified atom stereocenters. The first-order chi connectivity index (χ1) is 9.54. The summed E-state index contributed by atoms with van der Waals surface area (Å²) in [7, 11) is 0. The van der Waals surface area contributed by atoms with Crippen LogP contribution in [-0.2, 0) is 4.79 Å². The summed E-state index contributed by atoms with van der Waals surface area (Å²) in [6.45, 7) is 0. The van der Waals surface area contributed by atoms with E-state index in [9.17, 15) is 9.18 Å². The maximum absolute atomic E-state index is 12.8. The summed E-state index contributed by atoms with van der Waals surface area (Å²) in [6, 6.07) is 10.8. The van der Waals surface area contributed by atoms with Crippen LogP contribution >= 0.6 is 15.9 Å². The van der Waals surface area contributed by atoms with Crippen molar-refractivity contribution in [1.82, 2.24) is 0 Å². The number of rotatable bonds is 4. The zero-order chi connectivity index (χ0) is 14.5. The van der Waals surface area contributed by atoms with Gasteiger partial charge < -0.3 is 9.84 Å². The van der Waals surface area contributed by atoms with Gasteiger partial charge in [0.2, 0.25) is 0 Å². The molecule has 0 atom stereocenters. The molecule has 0 bridgehead atoms. The summed E-state index contributed by atoms with van der Waals surface area (Å²) in [6.07, 6.45) is 2.47. The van der Waals surface area contributed by atoms with E-state index in [2.05, 4.69) is 15.9 Å². The zero-order valence-electron chi connectivity index (χ0n) is 10.2. The summed E-state index contributed by atoms with van der Waals surface area (Å²) in [4.78, 5) is 10.6. The van der Waals surface area contributed by atoms with Crippen LogP contribution in [0.5, 0.6) is 11.5 Å². The molecule has 0 heterocycles. The van der Waals surface area contributed by atoms with Crippen LogP contribution in [0.25, 0.3) is 6.08 Å². The van der Waals surface area contributed by atoms with Crippen LogP contribution < -0.4 is 4.74 Å². The van der Waals surface area contributed by atoms with E-state index in [1.807, 2.05) is 0 Å². The molecule has 3 nitrogen and oxygen atoms in total. The second-order valence-electron chi connectivity index (χ2n) is 3.91. The fraction of sp³-hybridized carbons (Fsp3) is 0.